The molecule has 0 aliphatic rings. The van der Waals surface area contributed by atoms with Gasteiger partial charge in [-0.25, -0.2) is 0 Å². The maximum absolute atomic E-state index is 9.01. The maximum atomic E-state index is 9.01. The Morgan fingerprint density at radius 2 is 2.07 bits per heavy atom. The van der Waals surface area contributed by atoms with Gasteiger partial charge >= 0.3 is 0 Å². The zero-order chi connectivity index (χ0) is 11.4. The van der Waals surface area contributed by atoms with E-state index < -0.39 is 0 Å². The lowest BCUT2D eigenvalue weighted by atomic mass is 10.2. The van der Waals surface area contributed by atoms with Gasteiger partial charge in [-0.05, 0) is 12.2 Å². The molecule has 2 nitrogen and oxygen atoms in total. The molecule has 2 N–H and O–H groups in total. The predicted molar refractivity (Wildman–Crippen MR) is 66.6 cm³/mol. The van der Waals surface area contributed by atoms with Gasteiger partial charge in [-0.1, -0.05) is 38.0 Å². The van der Waals surface area contributed by atoms with E-state index in [2.05, 4.69) is 18.8 Å². The Hall–Kier alpha value is -0.430. The number of allylic oxidation sites excluding steroid dienone is 1. The van der Waals surface area contributed by atoms with E-state index in [-0.39, 0.29) is 13.2 Å². The number of rotatable bonds is 7. The molecule has 0 fully saturated rings. The largest absolute Gasteiger partial charge is 0.391 e. The van der Waals surface area contributed by atoms with Crippen molar-refractivity contribution in [3.05, 3.63) is 11.0 Å². The van der Waals surface area contributed by atoms with Gasteiger partial charge in [0.15, 0.2) is 0 Å². The molecule has 0 heterocycles. The Morgan fingerprint density at radius 3 is 2.67 bits per heavy atom. The molecule has 0 radical (unpaired) electrons. The first-order valence-electron chi connectivity index (χ1n) is 5.37. The summed E-state index contributed by atoms with van der Waals surface area (Å²) >= 11 is 1.65. The van der Waals surface area contributed by atoms with Crippen molar-refractivity contribution in [2.24, 2.45) is 0 Å². The summed E-state index contributed by atoms with van der Waals surface area (Å²) in [5.74, 6) is 6.26. The first kappa shape index (κ1) is 14.6. The molecule has 0 unspecified atom stereocenters. The van der Waals surface area contributed by atoms with Crippen LogP contribution in [0.5, 0.6) is 0 Å². The minimum absolute atomic E-state index is 0.0402. The third-order valence-corrected chi connectivity index (χ3v) is 2.97. The summed E-state index contributed by atoms with van der Waals surface area (Å²) in [5, 5.41) is 17.5. The molecule has 0 aromatic heterocycles. The van der Waals surface area contributed by atoms with Gasteiger partial charge in [0.05, 0.1) is 6.61 Å². The molecule has 86 valence electrons. The average molecular weight is 228 g/mol. The molecule has 0 atom stereocenters. The second-order valence-corrected chi connectivity index (χ2v) is 4.38. The maximum Gasteiger partial charge on any atom is 0.104 e. The van der Waals surface area contributed by atoms with Crippen molar-refractivity contribution in [2.75, 3.05) is 19.0 Å². The normalized spacial score (nSPS) is 11.0. The highest BCUT2D eigenvalue weighted by Crippen LogP contribution is 2.16. The lowest BCUT2D eigenvalue weighted by Crippen LogP contribution is -1.88. The van der Waals surface area contributed by atoms with Crippen LogP contribution < -0.4 is 0 Å². The number of hydrogen-bond donors (Lipinski definition) is 2. The summed E-state index contributed by atoms with van der Waals surface area (Å²) in [6.45, 7) is 2.10. The van der Waals surface area contributed by atoms with Crippen molar-refractivity contribution in [3.8, 4) is 11.8 Å². The highest BCUT2D eigenvalue weighted by atomic mass is 32.2. The molecule has 0 aliphatic carbocycles. The van der Waals surface area contributed by atoms with Crippen LogP contribution in [0.25, 0.3) is 0 Å². The fourth-order valence-corrected chi connectivity index (χ4v) is 1.89. The van der Waals surface area contributed by atoms with Gasteiger partial charge < -0.3 is 10.2 Å². The van der Waals surface area contributed by atoms with E-state index in [1.807, 2.05) is 0 Å². The van der Waals surface area contributed by atoms with Crippen molar-refractivity contribution in [3.63, 3.8) is 0 Å². The van der Waals surface area contributed by atoms with E-state index >= 15 is 0 Å². The fraction of sp³-hybridized carbons (Fsp3) is 0.667. The second kappa shape index (κ2) is 11.6. The first-order chi connectivity index (χ1) is 7.35. The first-order valence-corrected chi connectivity index (χ1v) is 6.35. The molecule has 0 aromatic carbocycles. The Labute approximate surface area is 96.8 Å². The molecule has 0 aliphatic heterocycles. The standard InChI is InChI=1S/C12H20O2S/c1-2-3-4-7-10-15-12(11-14)8-5-6-9-13/h8,13-14H,2-4,7,9-11H2,1H3/b12-8-. The topological polar surface area (TPSA) is 40.5 Å². The fourth-order valence-electron chi connectivity index (χ4n) is 1.04. The van der Waals surface area contributed by atoms with E-state index in [1.165, 1.54) is 25.7 Å². The van der Waals surface area contributed by atoms with Crippen molar-refractivity contribution < 1.29 is 10.2 Å². The lowest BCUT2D eigenvalue weighted by molar-refractivity contribution is 0.339. The zero-order valence-corrected chi connectivity index (χ0v) is 10.1. The number of hydrogen-bond acceptors (Lipinski definition) is 3. The van der Waals surface area contributed by atoms with Gasteiger partial charge in [0.2, 0.25) is 0 Å². The summed E-state index contributed by atoms with van der Waals surface area (Å²) < 4.78 is 0. The van der Waals surface area contributed by atoms with E-state index in [1.54, 1.807) is 17.8 Å². The third-order valence-electron chi connectivity index (χ3n) is 1.86. The van der Waals surface area contributed by atoms with Gasteiger partial charge in [0.25, 0.3) is 0 Å². The van der Waals surface area contributed by atoms with E-state index in [4.69, 9.17) is 10.2 Å². The molecule has 3 heteroatoms. The van der Waals surface area contributed by atoms with E-state index in [0.717, 1.165) is 10.7 Å². The van der Waals surface area contributed by atoms with Crippen LogP contribution in [0.15, 0.2) is 11.0 Å². The van der Waals surface area contributed by atoms with E-state index in [0.29, 0.717) is 0 Å². The van der Waals surface area contributed by atoms with Crippen molar-refractivity contribution in [1.82, 2.24) is 0 Å². The monoisotopic (exact) mass is 228 g/mol. The van der Waals surface area contributed by atoms with Crippen molar-refractivity contribution in [2.45, 2.75) is 32.6 Å². The number of unbranched alkanes of at least 4 members (excludes halogenated alkanes) is 3. The van der Waals surface area contributed by atoms with E-state index in [9.17, 15) is 0 Å². The molecule has 0 saturated heterocycles. The van der Waals surface area contributed by atoms with Crippen LogP contribution in [0.4, 0.5) is 0 Å². The molecule has 0 rings (SSSR count). The highest BCUT2D eigenvalue weighted by molar-refractivity contribution is 8.03. The summed E-state index contributed by atoms with van der Waals surface area (Å²) in [7, 11) is 0. The van der Waals surface area contributed by atoms with Gasteiger partial charge in [0, 0.05) is 11.0 Å². The highest BCUT2D eigenvalue weighted by Gasteiger charge is 1.95. The molecular formula is C12H20O2S. The minimum Gasteiger partial charge on any atom is -0.391 e. The molecule has 0 amide bonds. The molecule has 0 saturated carbocycles. The van der Waals surface area contributed by atoms with Crippen LogP contribution in [0.1, 0.15) is 32.6 Å². The van der Waals surface area contributed by atoms with Crippen LogP contribution in [-0.2, 0) is 0 Å². The van der Waals surface area contributed by atoms with Gasteiger partial charge in [-0.15, -0.1) is 11.8 Å². The third kappa shape index (κ3) is 9.86. The van der Waals surface area contributed by atoms with Crippen LogP contribution in [0.2, 0.25) is 0 Å². The molecule has 0 bridgehead atoms. The van der Waals surface area contributed by atoms with Crippen molar-refractivity contribution >= 4 is 11.8 Å². The summed E-state index contributed by atoms with van der Waals surface area (Å²) in [6, 6.07) is 0. The Kier molecular flexibility index (Phi) is 11.3. The smallest absolute Gasteiger partial charge is 0.104 e. The van der Waals surface area contributed by atoms with Gasteiger partial charge in [-0.2, -0.15) is 0 Å². The van der Waals surface area contributed by atoms with Crippen LogP contribution >= 0.6 is 11.8 Å². The average Bonchev–Trinajstić information content (AvgIpc) is 2.26. The van der Waals surface area contributed by atoms with Gasteiger partial charge in [0.1, 0.15) is 6.61 Å². The Balaban J connectivity index is 3.65. The van der Waals surface area contributed by atoms with Crippen LogP contribution in [0.3, 0.4) is 0 Å². The SMILES string of the molecule is CCCCCCS/C(=C\C#CCO)CO. The lowest BCUT2D eigenvalue weighted by Gasteiger charge is -2.01. The number of aliphatic hydroxyl groups excluding tert-OH is 2. The van der Waals surface area contributed by atoms with Gasteiger partial charge in [-0.3, -0.25) is 0 Å². The van der Waals surface area contributed by atoms with Crippen molar-refractivity contribution in [1.29, 1.82) is 0 Å². The predicted octanol–water partition coefficient (Wildman–Crippen LogP) is 2.17. The molecule has 15 heavy (non-hydrogen) atoms. The summed E-state index contributed by atoms with van der Waals surface area (Å²) in [5.41, 5.74) is 0. The molecule has 0 spiro atoms. The molecule has 0 aromatic rings. The quantitative estimate of drug-likeness (QED) is 0.518. The Bertz CT molecular complexity index is 226. The zero-order valence-electron chi connectivity index (χ0n) is 9.33. The summed E-state index contributed by atoms with van der Waals surface area (Å²) in [6.07, 6.45) is 6.65. The minimum atomic E-state index is -0.129. The second-order valence-electron chi connectivity index (χ2n) is 3.16. The number of aliphatic hydroxyl groups is 2. The molecular weight excluding hydrogens is 208 g/mol. The number of thioether (sulfide) groups is 1. The summed E-state index contributed by atoms with van der Waals surface area (Å²) in [4.78, 5) is 0.882. The van der Waals surface area contributed by atoms with Crippen LogP contribution in [-0.4, -0.2) is 29.2 Å². The van der Waals surface area contributed by atoms with Crippen LogP contribution in [0, 0.1) is 11.8 Å². The Morgan fingerprint density at radius 1 is 1.27 bits per heavy atom.